The van der Waals surface area contributed by atoms with Crippen molar-refractivity contribution in [1.82, 2.24) is 5.32 Å². The summed E-state index contributed by atoms with van der Waals surface area (Å²) in [6.45, 7) is 1.60. The second kappa shape index (κ2) is 5.52. The van der Waals surface area contributed by atoms with Crippen LogP contribution in [0.4, 0.5) is 8.78 Å². The van der Waals surface area contributed by atoms with Gasteiger partial charge in [-0.1, -0.05) is 0 Å². The van der Waals surface area contributed by atoms with Crippen LogP contribution >= 0.6 is 0 Å². The first-order chi connectivity index (χ1) is 8.69. The van der Waals surface area contributed by atoms with Gasteiger partial charge in [-0.05, 0) is 31.8 Å². The molecule has 5 heteroatoms. The van der Waals surface area contributed by atoms with Crippen LogP contribution in [0.3, 0.4) is 0 Å². The zero-order valence-corrected chi connectivity index (χ0v) is 10.6. The molecule has 2 rings (SSSR count). The highest BCUT2D eigenvalue weighted by Gasteiger charge is 2.27. The summed E-state index contributed by atoms with van der Waals surface area (Å²) in [5.74, 6) is -1.19. The fraction of sp³-hybridized carbons (Fsp3) is 0.538. The molecule has 18 heavy (non-hydrogen) atoms. The van der Waals surface area contributed by atoms with E-state index < -0.39 is 11.6 Å². The Morgan fingerprint density at radius 1 is 1.17 bits per heavy atom. The number of piperidine rings is 1. The lowest BCUT2D eigenvalue weighted by molar-refractivity contribution is 0.331. The van der Waals surface area contributed by atoms with E-state index in [1.165, 1.54) is 14.2 Å². The van der Waals surface area contributed by atoms with Crippen molar-refractivity contribution in [2.24, 2.45) is 0 Å². The zero-order chi connectivity index (χ0) is 13.1. The first kappa shape index (κ1) is 13.1. The third kappa shape index (κ3) is 2.27. The van der Waals surface area contributed by atoms with Crippen LogP contribution in [0.15, 0.2) is 6.07 Å². The van der Waals surface area contributed by atoms with Gasteiger partial charge in [0.2, 0.25) is 0 Å². The molecule has 1 aromatic rings. The number of ether oxygens (including phenoxy) is 2. The number of methoxy groups -OCH3 is 2. The molecule has 1 saturated heterocycles. The molecule has 3 nitrogen and oxygen atoms in total. The fourth-order valence-electron chi connectivity index (χ4n) is 2.44. The molecule has 1 aliphatic rings. The Morgan fingerprint density at radius 2 is 1.83 bits per heavy atom. The Hall–Kier alpha value is -1.36. The Balaban J connectivity index is 2.51. The predicted octanol–water partition coefficient (Wildman–Crippen LogP) is 2.45. The van der Waals surface area contributed by atoms with Gasteiger partial charge < -0.3 is 14.8 Å². The van der Waals surface area contributed by atoms with E-state index in [1.54, 1.807) is 0 Å². The molecule has 0 atom stereocenters. The lowest BCUT2D eigenvalue weighted by Gasteiger charge is -2.25. The second-order valence-electron chi connectivity index (χ2n) is 4.35. The summed E-state index contributed by atoms with van der Waals surface area (Å²) < 4.78 is 37.9. The van der Waals surface area contributed by atoms with E-state index in [-0.39, 0.29) is 11.7 Å². The lowest BCUT2D eigenvalue weighted by Crippen LogP contribution is -2.27. The van der Waals surface area contributed by atoms with Crippen LogP contribution in [0.25, 0.3) is 0 Å². The third-order valence-corrected chi connectivity index (χ3v) is 3.34. The Bertz CT molecular complexity index is 431. The fourth-order valence-corrected chi connectivity index (χ4v) is 2.44. The molecular weight excluding hydrogens is 240 g/mol. The number of nitrogens with one attached hydrogen (secondary N) is 1. The van der Waals surface area contributed by atoms with Crippen molar-refractivity contribution < 1.29 is 18.3 Å². The van der Waals surface area contributed by atoms with Crippen molar-refractivity contribution in [1.29, 1.82) is 0 Å². The Morgan fingerprint density at radius 3 is 2.39 bits per heavy atom. The Labute approximate surface area is 105 Å². The van der Waals surface area contributed by atoms with Crippen molar-refractivity contribution in [3.05, 3.63) is 23.3 Å². The van der Waals surface area contributed by atoms with Gasteiger partial charge in [0, 0.05) is 11.6 Å². The van der Waals surface area contributed by atoms with Crippen molar-refractivity contribution in [3.8, 4) is 11.5 Å². The maximum atomic E-state index is 14.0. The highest BCUT2D eigenvalue weighted by atomic mass is 19.2. The third-order valence-electron chi connectivity index (χ3n) is 3.34. The van der Waals surface area contributed by atoms with Gasteiger partial charge in [0.05, 0.1) is 14.2 Å². The summed E-state index contributed by atoms with van der Waals surface area (Å²) in [5.41, 5.74) is 0.302. The molecular formula is C13H17F2NO2. The van der Waals surface area contributed by atoms with Crippen LogP contribution in [-0.2, 0) is 0 Å². The number of halogens is 2. The van der Waals surface area contributed by atoms with Crippen molar-refractivity contribution in [2.45, 2.75) is 18.8 Å². The molecule has 1 N–H and O–H groups in total. The molecule has 0 spiro atoms. The molecule has 0 aromatic heterocycles. The number of rotatable bonds is 3. The minimum atomic E-state index is -0.888. The molecule has 1 fully saturated rings. The number of benzene rings is 1. The zero-order valence-electron chi connectivity index (χ0n) is 10.6. The maximum absolute atomic E-state index is 14.0. The SMILES string of the molecule is COc1cc(F)c(F)c(C2CCNCC2)c1OC. The molecule has 1 aliphatic heterocycles. The van der Waals surface area contributed by atoms with Gasteiger partial charge in [-0.25, -0.2) is 8.78 Å². The van der Waals surface area contributed by atoms with E-state index in [0.717, 1.165) is 32.0 Å². The lowest BCUT2D eigenvalue weighted by atomic mass is 9.88. The molecule has 0 saturated carbocycles. The minimum absolute atomic E-state index is 0.0363. The summed E-state index contributed by atoms with van der Waals surface area (Å²) in [7, 11) is 2.86. The second-order valence-corrected chi connectivity index (χ2v) is 4.35. The van der Waals surface area contributed by atoms with Gasteiger partial charge in [-0.3, -0.25) is 0 Å². The summed E-state index contributed by atoms with van der Waals surface area (Å²) in [5, 5.41) is 3.20. The predicted molar refractivity (Wildman–Crippen MR) is 64.3 cm³/mol. The van der Waals surface area contributed by atoms with Crippen LogP contribution < -0.4 is 14.8 Å². The van der Waals surface area contributed by atoms with Gasteiger partial charge in [-0.15, -0.1) is 0 Å². The van der Waals surface area contributed by atoms with Crippen molar-refractivity contribution in [3.63, 3.8) is 0 Å². The van der Waals surface area contributed by atoms with E-state index in [0.29, 0.717) is 11.3 Å². The summed E-state index contributed by atoms with van der Waals surface area (Å²) in [4.78, 5) is 0. The summed E-state index contributed by atoms with van der Waals surface area (Å²) >= 11 is 0. The van der Waals surface area contributed by atoms with Crippen LogP contribution in [0, 0.1) is 11.6 Å². The van der Waals surface area contributed by atoms with Gasteiger partial charge >= 0.3 is 0 Å². The molecule has 0 unspecified atom stereocenters. The molecule has 1 heterocycles. The standard InChI is InChI=1S/C13H17F2NO2/c1-17-10-7-9(14)12(15)11(13(10)18-2)8-3-5-16-6-4-8/h7-8,16H,3-6H2,1-2H3. The topological polar surface area (TPSA) is 30.5 Å². The van der Waals surface area contributed by atoms with Crippen molar-refractivity contribution >= 4 is 0 Å². The van der Waals surface area contributed by atoms with E-state index in [2.05, 4.69) is 5.32 Å². The first-order valence-corrected chi connectivity index (χ1v) is 5.99. The van der Waals surface area contributed by atoms with Crippen LogP contribution in [-0.4, -0.2) is 27.3 Å². The monoisotopic (exact) mass is 257 g/mol. The van der Waals surface area contributed by atoms with Crippen LogP contribution in [0.5, 0.6) is 11.5 Å². The van der Waals surface area contributed by atoms with Gasteiger partial charge in [0.1, 0.15) is 0 Å². The van der Waals surface area contributed by atoms with E-state index in [4.69, 9.17) is 9.47 Å². The summed E-state index contributed by atoms with van der Waals surface area (Å²) in [6.07, 6.45) is 1.53. The average Bonchev–Trinajstić information content (AvgIpc) is 2.42. The Kier molecular flexibility index (Phi) is 4.01. The molecule has 0 amide bonds. The van der Waals surface area contributed by atoms with Crippen molar-refractivity contribution in [2.75, 3.05) is 27.3 Å². The van der Waals surface area contributed by atoms with Crippen LogP contribution in [0.2, 0.25) is 0 Å². The van der Waals surface area contributed by atoms with Gasteiger partial charge in [0.15, 0.2) is 23.1 Å². The quantitative estimate of drug-likeness (QED) is 0.902. The minimum Gasteiger partial charge on any atom is -0.493 e. The maximum Gasteiger partial charge on any atom is 0.167 e. The molecule has 0 aliphatic carbocycles. The van der Waals surface area contributed by atoms with E-state index >= 15 is 0 Å². The largest absolute Gasteiger partial charge is 0.493 e. The smallest absolute Gasteiger partial charge is 0.167 e. The number of hydrogen-bond acceptors (Lipinski definition) is 3. The first-order valence-electron chi connectivity index (χ1n) is 5.99. The molecule has 100 valence electrons. The van der Waals surface area contributed by atoms with Crippen LogP contribution in [0.1, 0.15) is 24.3 Å². The average molecular weight is 257 g/mol. The normalized spacial score (nSPS) is 16.7. The van der Waals surface area contributed by atoms with Gasteiger partial charge in [0.25, 0.3) is 0 Å². The van der Waals surface area contributed by atoms with Gasteiger partial charge in [-0.2, -0.15) is 0 Å². The molecule has 0 bridgehead atoms. The number of hydrogen-bond donors (Lipinski definition) is 1. The summed E-state index contributed by atoms with van der Waals surface area (Å²) in [6, 6.07) is 1.03. The highest BCUT2D eigenvalue weighted by Crippen LogP contribution is 2.41. The van der Waals surface area contributed by atoms with E-state index in [9.17, 15) is 8.78 Å². The molecule has 0 radical (unpaired) electrons. The molecule has 1 aromatic carbocycles. The van der Waals surface area contributed by atoms with E-state index in [1.807, 2.05) is 0 Å². The highest BCUT2D eigenvalue weighted by molar-refractivity contribution is 5.49.